The van der Waals surface area contributed by atoms with Crippen LogP contribution in [0.5, 0.6) is 11.5 Å². The van der Waals surface area contributed by atoms with Gasteiger partial charge >= 0.3 is 6.09 Å². The number of unbranched alkanes of at least 4 members (excludes halogenated alkanes) is 1. The van der Waals surface area contributed by atoms with Crippen molar-refractivity contribution in [3.63, 3.8) is 0 Å². The van der Waals surface area contributed by atoms with Gasteiger partial charge in [0.15, 0.2) is 11.5 Å². The van der Waals surface area contributed by atoms with Crippen LogP contribution < -0.4 is 14.8 Å². The summed E-state index contributed by atoms with van der Waals surface area (Å²) < 4.78 is 18.7. The van der Waals surface area contributed by atoms with Gasteiger partial charge in [-0.25, -0.2) is 4.79 Å². The molecule has 4 rings (SSSR count). The van der Waals surface area contributed by atoms with Crippen molar-refractivity contribution < 1.29 is 19.0 Å². The van der Waals surface area contributed by atoms with E-state index < -0.39 is 5.60 Å². The Bertz CT molecular complexity index is 1220. The van der Waals surface area contributed by atoms with Gasteiger partial charge in [-0.3, -0.25) is 4.57 Å². The predicted octanol–water partition coefficient (Wildman–Crippen LogP) is 6.51. The molecule has 0 radical (unpaired) electrons. The van der Waals surface area contributed by atoms with E-state index in [1.807, 2.05) is 39.0 Å². The number of hydrogen-bond donors (Lipinski definition) is 1. The second kappa shape index (κ2) is 10.6. The van der Waals surface area contributed by atoms with Gasteiger partial charge in [0.05, 0.1) is 25.3 Å². The van der Waals surface area contributed by atoms with Crippen LogP contribution in [0.15, 0.2) is 48.7 Å². The van der Waals surface area contributed by atoms with Gasteiger partial charge in [-0.15, -0.1) is 0 Å². The highest BCUT2D eigenvalue weighted by Crippen LogP contribution is 2.36. The molecule has 0 saturated carbocycles. The van der Waals surface area contributed by atoms with E-state index in [1.54, 1.807) is 17.9 Å². The topological polar surface area (TPSA) is 61.7 Å². The maximum atomic E-state index is 12.5. The van der Waals surface area contributed by atoms with Gasteiger partial charge in [0.2, 0.25) is 0 Å². The highest BCUT2D eigenvalue weighted by atomic mass is 16.6. The maximum Gasteiger partial charge on any atom is 0.418 e. The zero-order valence-corrected chi connectivity index (χ0v) is 21.4. The van der Waals surface area contributed by atoms with E-state index in [2.05, 4.69) is 42.6 Å². The molecule has 0 amide bonds. The van der Waals surface area contributed by atoms with E-state index in [9.17, 15) is 4.79 Å². The Balaban J connectivity index is 1.54. The molecule has 2 heterocycles. The molecule has 0 bridgehead atoms. The SMILES string of the molecule is CCCCOc1cc2c(cc1OC)C(/C=C/c1ccc3c(ccn3C(=O)OC(C)(C)C)c1)NCC2. The Morgan fingerprint density at radius 3 is 2.74 bits per heavy atom. The van der Waals surface area contributed by atoms with Crippen LogP contribution >= 0.6 is 0 Å². The van der Waals surface area contributed by atoms with Crippen LogP contribution in [0.2, 0.25) is 0 Å². The molecule has 2 aromatic carbocycles. The van der Waals surface area contributed by atoms with Crippen molar-refractivity contribution in [1.29, 1.82) is 0 Å². The fourth-order valence-corrected chi connectivity index (χ4v) is 4.31. The first-order valence-electron chi connectivity index (χ1n) is 12.4. The predicted molar refractivity (Wildman–Crippen MR) is 140 cm³/mol. The molecule has 1 unspecified atom stereocenters. The van der Waals surface area contributed by atoms with Crippen molar-refractivity contribution in [1.82, 2.24) is 9.88 Å². The molecule has 6 heteroatoms. The van der Waals surface area contributed by atoms with E-state index in [0.717, 1.165) is 53.8 Å². The first-order chi connectivity index (χ1) is 16.8. The summed E-state index contributed by atoms with van der Waals surface area (Å²) >= 11 is 0. The fourth-order valence-electron chi connectivity index (χ4n) is 4.31. The molecule has 6 nitrogen and oxygen atoms in total. The lowest BCUT2D eigenvalue weighted by Crippen LogP contribution is -2.28. The second-order valence-corrected chi connectivity index (χ2v) is 9.93. The third kappa shape index (κ3) is 5.88. The van der Waals surface area contributed by atoms with E-state index in [1.165, 1.54) is 11.1 Å². The number of rotatable bonds is 7. The summed E-state index contributed by atoms with van der Waals surface area (Å²) in [4.78, 5) is 12.5. The summed E-state index contributed by atoms with van der Waals surface area (Å²) in [6.07, 6.45) is 8.78. The summed E-state index contributed by atoms with van der Waals surface area (Å²) in [6.45, 7) is 9.36. The van der Waals surface area contributed by atoms with Crippen LogP contribution in [0.3, 0.4) is 0 Å². The minimum absolute atomic E-state index is 0.0828. The molecular weight excluding hydrogens is 440 g/mol. The molecule has 0 fully saturated rings. The van der Waals surface area contributed by atoms with Crippen LogP contribution in [0.25, 0.3) is 17.0 Å². The van der Waals surface area contributed by atoms with Gasteiger partial charge in [-0.2, -0.15) is 0 Å². The number of carbonyl (C=O) groups is 1. The molecule has 1 N–H and O–H groups in total. The van der Waals surface area contributed by atoms with E-state index in [-0.39, 0.29) is 12.1 Å². The Morgan fingerprint density at radius 1 is 1.17 bits per heavy atom. The highest BCUT2D eigenvalue weighted by molar-refractivity contribution is 5.90. The zero-order valence-electron chi connectivity index (χ0n) is 21.4. The summed E-state index contributed by atoms with van der Waals surface area (Å²) in [6, 6.07) is 12.3. The first-order valence-corrected chi connectivity index (χ1v) is 12.4. The number of ether oxygens (including phenoxy) is 3. The first kappa shape index (κ1) is 24.9. The Morgan fingerprint density at radius 2 is 2.00 bits per heavy atom. The summed E-state index contributed by atoms with van der Waals surface area (Å²) in [7, 11) is 1.69. The molecule has 0 saturated heterocycles. The molecule has 0 spiro atoms. The van der Waals surface area contributed by atoms with E-state index in [4.69, 9.17) is 14.2 Å². The molecule has 1 aliphatic rings. The highest BCUT2D eigenvalue weighted by Gasteiger charge is 2.21. The smallest absolute Gasteiger partial charge is 0.418 e. The van der Waals surface area contributed by atoms with Gasteiger partial charge in [0.25, 0.3) is 0 Å². The van der Waals surface area contributed by atoms with Gasteiger partial charge in [0, 0.05) is 18.1 Å². The molecule has 0 aliphatic carbocycles. The zero-order chi connectivity index (χ0) is 25.0. The molecule has 1 atom stereocenters. The minimum atomic E-state index is -0.537. The van der Waals surface area contributed by atoms with Crippen molar-refractivity contribution in [2.75, 3.05) is 20.3 Å². The third-order valence-corrected chi connectivity index (χ3v) is 6.06. The largest absolute Gasteiger partial charge is 0.493 e. The van der Waals surface area contributed by atoms with Crippen molar-refractivity contribution in [2.24, 2.45) is 0 Å². The number of nitrogens with one attached hydrogen (secondary N) is 1. The number of benzene rings is 2. The van der Waals surface area contributed by atoms with E-state index >= 15 is 0 Å². The van der Waals surface area contributed by atoms with Crippen LogP contribution in [-0.2, 0) is 11.2 Å². The van der Waals surface area contributed by atoms with Crippen LogP contribution in [0.4, 0.5) is 4.79 Å². The lowest BCUT2D eigenvalue weighted by atomic mass is 9.93. The maximum absolute atomic E-state index is 12.5. The average Bonchev–Trinajstić information content (AvgIpc) is 3.25. The molecular formula is C29H36N2O4. The Hall–Kier alpha value is -3.25. The summed E-state index contributed by atoms with van der Waals surface area (Å²) in [5, 5.41) is 4.59. The third-order valence-electron chi connectivity index (χ3n) is 6.06. The number of carbonyl (C=O) groups excluding carboxylic acids is 1. The Labute approximate surface area is 207 Å². The van der Waals surface area contributed by atoms with Crippen molar-refractivity contribution in [3.05, 3.63) is 65.4 Å². The second-order valence-electron chi connectivity index (χ2n) is 9.93. The summed E-state index contributed by atoms with van der Waals surface area (Å²) in [5.41, 5.74) is 3.86. The van der Waals surface area contributed by atoms with Crippen LogP contribution in [0, 0.1) is 0 Å². The number of methoxy groups -OCH3 is 1. The normalized spacial score (nSPS) is 15.9. The molecule has 1 aromatic heterocycles. The average molecular weight is 477 g/mol. The molecule has 3 aromatic rings. The lowest BCUT2D eigenvalue weighted by Gasteiger charge is -2.26. The number of aromatic nitrogens is 1. The van der Waals surface area contributed by atoms with Crippen molar-refractivity contribution in [3.8, 4) is 11.5 Å². The van der Waals surface area contributed by atoms with Crippen molar-refractivity contribution >= 4 is 23.1 Å². The minimum Gasteiger partial charge on any atom is -0.493 e. The monoisotopic (exact) mass is 476 g/mol. The lowest BCUT2D eigenvalue weighted by molar-refractivity contribution is 0.0544. The van der Waals surface area contributed by atoms with Gasteiger partial charge in [-0.1, -0.05) is 31.6 Å². The van der Waals surface area contributed by atoms with Gasteiger partial charge < -0.3 is 19.5 Å². The summed E-state index contributed by atoms with van der Waals surface area (Å²) in [5.74, 6) is 1.59. The van der Waals surface area contributed by atoms with Crippen LogP contribution in [0.1, 0.15) is 63.3 Å². The van der Waals surface area contributed by atoms with E-state index in [0.29, 0.717) is 6.61 Å². The number of nitrogens with zero attached hydrogens (tertiary/aromatic N) is 1. The standard InChI is InChI=1S/C29H36N2O4/c1-6-7-16-34-27-18-21-12-14-30-24(23(21)19-26(27)33-5)10-8-20-9-11-25-22(17-20)13-15-31(25)28(32)35-29(2,3)4/h8-11,13,15,17-19,24,30H,6-7,12,14,16H2,1-5H3/b10-8+. The van der Waals surface area contributed by atoms with Crippen LogP contribution in [-0.4, -0.2) is 36.5 Å². The molecule has 1 aliphatic heterocycles. The van der Waals surface area contributed by atoms with Crippen molar-refractivity contribution in [2.45, 2.75) is 58.6 Å². The van der Waals surface area contributed by atoms with Gasteiger partial charge in [-0.05, 0) is 80.6 Å². The number of fused-ring (bicyclic) bond motifs is 2. The fraction of sp³-hybridized carbons (Fsp3) is 0.414. The number of hydrogen-bond acceptors (Lipinski definition) is 5. The molecule has 35 heavy (non-hydrogen) atoms. The van der Waals surface area contributed by atoms with Gasteiger partial charge in [0.1, 0.15) is 5.60 Å². The quantitative estimate of drug-likeness (QED) is 0.394. The molecule has 186 valence electrons. The Kier molecular flexibility index (Phi) is 7.51.